The quantitative estimate of drug-likeness (QED) is 0.918. The second-order valence-electron chi connectivity index (χ2n) is 5.38. The van der Waals surface area contributed by atoms with Gasteiger partial charge in [-0.1, -0.05) is 26.0 Å². The molecular weight excluding hydrogens is 257 g/mol. The molecule has 110 valence electrons. The summed E-state index contributed by atoms with van der Waals surface area (Å²) >= 11 is 0. The standard InChI is InChI=1S/C16H22FNO2/c1-3-16(4-2)11-12(9-10-20-16)18-15(19)13-7-5-6-8-14(13)17/h5-8,12H,3-4,9-11H2,1-2H3,(H,18,19). The van der Waals surface area contributed by atoms with Gasteiger partial charge in [-0.25, -0.2) is 4.39 Å². The Kier molecular flexibility index (Phi) is 4.76. The van der Waals surface area contributed by atoms with Crippen LogP contribution in [-0.2, 0) is 4.74 Å². The van der Waals surface area contributed by atoms with E-state index in [9.17, 15) is 9.18 Å². The summed E-state index contributed by atoms with van der Waals surface area (Å²) in [5.74, 6) is -0.814. The molecule has 3 nitrogen and oxygen atoms in total. The first-order chi connectivity index (χ1) is 9.60. The normalized spacial score (nSPS) is 21.4. The van der Waals surface area contributed by atoms with Crippen molar-refractivity contribution in [3.8, 4) is 0 Å². The Morgan fingerprint density at radius 1 is 1.40 bits per heavy atom. The maximum absolute atomic E-state index is 13.6. The van der Waals surface area contributed by atoms with Gasteiger partial charge in [0.05, 0.1) is 11.2 Å². The highest BCUT2D eigenvalue weighted by Gasteiger charge is 2.35. The van der Waals surface area contributed by atoms with Crippen LogP contribution < -0.4 is 5.32 Å². The maximum atomic E-state index is 13.6. The lowest BCUT2D eigenvalue weighted by Gasteiger charge is -2.40. The average Bonchev–Trinajstić information content (AvgIpc) is 2.47. The van der Waals surface area contributed by atoms with E-state index in [-0.39, 0.29) is 23.1 Å². The van der Waals surface area contributed by atoms with Crippen LogP contribution in [0.1, 0.15) is 49.9 Å². The SMILES string of the molecule is CCC1(CC)CC(NC(=O)c2ccccc2F)CCO1. The third-order valence-corrected chi connectivity index (χ3v) is 4.24. The maximum Gasteiger partial charge on any atom is 0.254 e. The zero-order valence-corrected chi connectivity index (χ0v) is 12.1. The summed E-state index contributed by atoms with van der Waals surface area (Å²) in [6.45, 7) is 4.85. The number of amides is 1. The van der Waals surface area contributed by atoms with Crippen molar-refractivity contribution in [2.75, 3.05) is 6.61 Å². The van der Waals surface area contributed by atoms with Gasteiger partial charge in [0, 0.05) is 12.6 Å². The van der Waals surface area contributed by atoms with Gasteiger partial charge in [-0.05, 0) is 37.8 Å². The Labute approximate surface area is 119 Å². The van der Waals surface area contributed by atoms with Gasteiger partial charge in [-0.2, -0.15) is 0 Å². The lowest BCUT2D eigenvalue weighted by Crippen LogP contribution is -2.48. The van der Waals surface area contributed by atoms with Crippen molar-refractivity contribution in [1.29, 1.82) is 0 Å². The van der Waals surface area contributed by atoms with E-state index in [1.54, 1.807) is 12.1 Å². The van der Waals surface area contributed by atoms with Crippen LogP contribution in [0.3, 0.4) is 0 Å². The molecule has 1 amide bonds. The summed E-state index contributed by atoms with van der Waals surface area (Å²) in [7, 11) is 0. The smallest absolute Gasteiger partial charge is 0.254 e. The average molecular weight is 279 g/mol. The van der Waals surface area contributed by atoms with Crippen LogP contribution in [0.25, 0.3) is 0 Å². The molecule has 2 rings (SSSR count). The molecule has 1 aliphatic rings. The molecule has 0 radical (unpaired) electrons. The van der Waals surface area contributed by atoms with Crippen LogP contribution in [-0.4, -0.2) is 24.2 Å². The number of benzene rings is 1. The Balaban J connectivity index is 2.03. The highest BCUT2D eigenvalue weighted by molar-refractivity contribution is 5.94. The van der Waals surface area contributed by atoms with E-state index in [4.69, 9.17) is 4.74 Å². The van der Waals surface area contributed by atoms with E-state index >= 15 is 0 Å². The molecule has 1 unspecified atom stereocenters. The molecule has 20 heavy (non-hydrogen) atoms. The van der Waals surface area contributed by atoms with Crippen molar-refractivity contribution in [3.63, 3.8) is 0 Å². The largest absolute Gasteiger partial charge is 0.375 e. The minimum absolute atomic E-state index is 0.0516. The summed E-state index contributed by atoms with van der Waals surface area (Å²) in [6, 6.07) is 6.12. The van der Waals surface area contributed by atoms with Gasteiger partial charge >= 0.3 is 0 Å². The van der Waals surface area contributed by atoms with Gasteiger partial charge in [-0.15, -0.1) is 0 Å². The van der Waals surface area contributed by atoms with Crippen molar-refractivity contribution in [2.24, 2.45) is 0 Å². The predicted molar refractivity (Wildman–Crippen MR) is 76.2 cm³/mol. The number of hydrogen-bond donors (Lipinski definition) is 1. The molecule has 1 N–H and O–H groups in total. The fourth-order valence-corrected chi connectivity index (χ4v) is 2.80. The predicted octanol–water partition coefficient (Wildman–Crippen LogP) is 3.29. The molecule has 0 spiro atoms. The van der Waals surface area contributed by atoms with Crippen LogP contribution in [0.15, 0.2) is 24.3 Å². The Morgan fingerprint density at radius 3 is 2.75 bits per heavy atom. The molecule has 1 aromatic rings. The molecule has 0 bridgehead atoms. The van der Waals surface area contributed by atoms with E-state index in [2.05, 4.69) is 19.2 Å². The molecule has 1 aromatic carbocycles. The van der Waals surface area contributed by atoms with Gasteiger partial charge in [0.1, 0.15) is 5.82 Å². The second kappa shape index (κ2) is 6.35. The number of ether oxygens (including phenoxy) is 1. The number of nitrogens with one attached hydrogen (secondary N) is 1. The summed E-state index contributed by atoms with van der Waals surface area (Å²) in [5.41, 5.74) is -0.0385. The third kappa shape index (κ3) is 3.18. The highest BCUT2D eigenvalue weighted by atomic mass is 19.1. The number of rotatable bonds is 4. The van der Waals surface area contributed by atoms with Crippen LogP contribution in [0.2, 0.25) is 0 Å². The number of hydrogen-bond acceptors (Lipinski definition) is 2. The fourth-order valence-electron chi connectivity index (χ4n) is 2.80. The highest BCUT2D eigenvalue weighted by Crippen LogP contribution is 2.31. The monoisotopic (exact) mass is 279 g/mol. The first kappa shape index (κ1) is 15.0. The van der Waals surface area contributed by atoms with Crippen LogP contribution in [0, 0.1) is 5.82 Å². The van der Waals surface area contributed by atoms with Gasteiger partial charge < -0.3 is 10.1 Å². The lowest BCUT2D eigenvalue weighted by atomic mass is 9.86. The molecule has 4 heteroatoms. The van der Waals surface area contributed by atoms with Gasteiger partial charge in [0.25, 0.3) is 5.91 Å². The number of carbonyl (C=O) groups excluding carboxylic acids is 1. The number of halogens is 1. The fraction of sp³-hybridized carbons (Fsp3) is 0.562. The van der Waals surface area contributed by atoms with Crippen molar-refractivity contribution < 1.29 is 13.9 Å². The Hall–Kier alpha value is -1.42. The van der Waals surface area contributed by atoms with E-state index in [0.717, 1.165) is 25.7 Å². The zero-order chi connectivity index (χ0) is 14.6. The van der Waals surface area contributed by atoms with Crippen molar-refractivity contribution >= 4 is 5.91 Å². The molecule has 1 fully saturated rings. The first-order valence-electron chi connectivity index (χ1n) is 7.29. The summed E-state index contributed by atoms with van der Waals surface area (Å²) in [4.78, 5) is 12.1. The molecule has 1 heterocycles. The zero-order valence-electron chi connectivity index (χ0n) is 12.1. The van der Waals surface area contributed by atoms with Gasteiger partial charge in [0.2, 0.25) is 0 Å². The summed E-state index contributed by atoms with van der Waals surface area (Å²) < 4.78 is 19.5. The van der Waals surface area contributed by atoms with E-state index in [0.29, 0.717) is 6.61 Å². The minimum Gasteiger partial charge on any atom is -0.375 e. The van der Waals surface area contributed by atoms with Crippen molar-refractivity contribution in [1.82, 2.24) is 5.32 Å². The van der Waals surface area contributed by atoms with E-state index in [1.165, 1.54) is 12.1 Å². The van der Waals surface area contributed by atoms with Crippen LogP contribution >= 0.6 is 0 Å². The van der Waals surface area contributed by atoms with Crippen molar-refractivity contribution in [3.05, 3.63) is 35.6 Å². The van der Waals surface area contributed by atoms with E-state index in [1.807, 2.05) is 0 Å². The van der Waals surface area contributed by atoms with Crippen molar-refractivity contribution in [2.45, 2.75) is 51.2 Å². The third-order valence-electron chi connectivity index (χ3n) is 4.24. The molecule has 0 aromatic heterocycles. The van der Waals surface area contributed by atoms with Crippen LogP contribution in [0.5, 0.6) is 0 Å². The number of carbonyl (C=O) groups is 1. The molecule has 1 atom stereocenters. The second-order valence-corrected chi connectivity index (χ2v) is 5.38. The van der Waals surface area contributed by atoms with Gasteiger partial charge in [0.15, 0.2) is 0 Å². The van der Waals surface area contributed by atoms with E-state index < -0.39 is 5.82 Å². The molecule has 0 aliphatic carbocycles. The Bertz CT molecular complexity index is 471. The minimum atomic E-state index is -0.477. The first-order valence-corrected chi connectivity index (χ1v) is 7.29. The molecule has 0 saturated carbocycles. The molecular formula is C16H22FNO2. The lowest BCUT2D eigenvalue weighted by molar-refractivity contribution is -0.0917. The summed E-state index contributed by atoms with van der Waals surface area (Å²) in [5, 5.41) is 2.94. The molecule has 1 aliphatic heterocycles. The van der Waals surface area contributed by atoms with Crippen LogP contribution in [0.4, 0.5) is 4.39 Å². The Morgan fingerprint density at radius 2 is 2.10 bits per heavy atom. The summed E-state index contributed by atoms with van der Waals surface area (Å²) in [6.07, 6.45) is 3.42. The molecule has 1 saturated heterocycles. The van der Waals surface area contributed by atoms with Gasteiger partial charge in [-0.3, -0.25) is 4.79 Å². The topological polar surface area (TPSA) is 38.3 Å².